The molecule has 0 fully saturated rings. The van der Waals surface area contributed by atoms with Gasteiger partial charge in [-0.05, 0) is 60.5 Å². The van der Waals surface area contributed by atoms with Crippen LogP contribution in [-0.2, 0) is 16.4 Å². The van der Waals surface area contributed by atoms with Crippen molar-refractivity contribution in [1.82, 2.24) is 0 Å². The molecule has 7 nitrogen and oxygen atoms in total. The van der Waals surface area contributed by atoms with Crippen molar-refractivity contribution in [2.45, 2.75) is 24.7 Å². The zero-order chi connectivity index (χ0) is 23.6. The third kappa shape index (κ3) is 4.34. The van der Waals surface area contributed by atoms with E-state index in [0.717, 1.165) is 5.56 Å². The number of sulfonamides is 1. The number of fused-ring (bicyclic) bond motifs is 1. The van der Waals surface area contributed by atoms with Crippen LogP contribution in [0.15, 0.2) is 71.6 Å². The van der Waals surface area contributed by atoms with E-state index >= 15 is 0 Å². The number of hydrogen-bond donors (Lipinski definition) is 0. The fraction of sp³-hybridized carbons (Fsp3) is 0.200. The molecule has 170 valence electrons. The van der Waals surface area contributed by atoms with Gasteiger partial charge in [-0.3, -0.25) is 9.10 Å². The summed E-state index contributed by atoms with van der Waals surface area (Å²) in [6.07, 6.45) is 0.996. The molecule has 1 aliphatic rings. The molecule has 0 aliphatic carbocycles. The molecule has 0 saturated heterocycles. The highest BCUT2D eigenvalue weighted by molar-refractivity contribution is 7.92. The van der Waals surface area contributed by atoms with Crippen LogP contribution in [0.25, 0.3) is 0 Å². The maximum Gasteiger partial charge on any atom is 0.347 e. The Morgan fingerprint density at radius 3 is 2.42 bits per heavy atom. The van der Waals surface area contributed by atoms with E-state index in [1.807, 2.05) is 12.1 Å². The summed E-state index contributed by atoms with van der Waals surface area (Å²) in [4.78, 5) is 24.6. The first-order chi connectivity index (χ1) is 15.8. The van der Waals surface area contributed by atoms with Gasteiger partial charge in [0, 0.05) is 18.5 Å². The molecule has 0 radical (unpaired) electrons. The Morgan fingerprint density at radius 1 is 1.00 bits per heavy atom. The van der Waals surface area contributed by atoms with Gasteiger partial charge >= 0.3 is 5.97 Å². The molecule has 3 aromatic rings. The molecule has 0 N–H and O–H groups in total. The largest absolute Gasteiger partial charge is 0.496 e. The Morgan fingerprint density at radius 2 is 1.73 bits per heavy atom. The van der Waals surface area contributed by atoms with Gasteiger partial charge in [0.2, 0.25) is 0 Å². The van der Waals surface area contributed by atoms with Crippen molar-refractivity contribution in [2.75, 3.05) is 18.0 Å². The monoisotopic (exact) mass is 465 g/mol. The number of rotatable bonds is 7. The number of benzene rings is 3. The average molecular weight is 466 g/mol. The number of ether oxygens (including phenoxy) is 2. The van der Waals surface area contributed by atoms with Crippen LogP contribution < -0.4 is 13.8 Å². The van der Waals surface area contributed by atoms with Gasteiger partial charge in [0.25, 0.3) is 10.0 Å². The number of carbonyl (C=O) groups is 2. The molecule has 4 rings (SSSR count). The predicted octanol–water partition coefficient (Wildman–Crippen LogP) is 4.26. The first-order valence-electron chi connectivity index (χ1n) is 10.5. The van der Waals surface area contributed by atoms with E-state index in [1.165, 1.54) is 41.7 Å². The maximum atomic E-state index is 13.4. The van der Waals surface area contributed by atoms with Crippen LogP contribution in [0.2, 0.25) is 0 Å². The van der Waals surface area contributed by atoms with Gasteiger partial charge in [0.05, 0.1) is 17.7 Å². The Bertz CT molecular complexity index is 1310. The minimum absolute atomic E-state index is 0.0141. The summed E-state index contributed by atoms with van der Waals surface area (Å²) in [6.45, 7) is 2.10. The summed E-state index contributed by atoms with van der Waals surface area (Å²) < 4.78 is 38.8. The van der Waals surface area contributed by atoms with Crippen LogP contribution in [-0.4, -0.2) is 33.8 Å². The Hall–Kier alpha value is -3.65. The van der Waals surface area contributed by atoms with Crippen molar-refractivity contribution in [2.24, 2.45) is 0 Å². The van der Waals surface area contributed by atoms with Gasteiger partial charge in [-0.15, -0.1) is 0 Å². The highest BCUT2D eigenvalue weighted by atomic mass is 32.2. The van der Waals surface area contributed by atoms with Crippen molar-refractivity contribution in [1.29, 1.82) is 0 Å². The maximum absolute atomic E-state index is 13.4. The number of Topliss-reactive ketones (excluding diaryl/α,β-unsaturated/α-hetero) is 1. The molecule has 0 saturated carbocycles. The normalized spacial score (nSPS) is 12.8. The summed E-state index contributed by atoms with van der Waals surface area (Å²) >= 11 is 0. The highest BCUT2D eigenvalue weighted by Crippen LogP contribution is 2.34. The second-order valence-electron chi connectivity index (χ2n) is 7.51. The van der Waals surface area contributed by atoms with E-state index in [9.17, 15) is 18.0 Å². The van der Waals surface area contributed by atoms with Crippen molar-refractivity contribution < 1.29 is 27.5 Å². The molecule has 0 unspecified atom stereocenters. The van der Waals surface area contributed by atoms with Gasteiger partial charge < -0.3 is 9.47 Å². The first-order valence-corrected chi connectivity index (χ1v) is 11.9. The number of carbonyl (C=O) groups excluding carboxylic acids is 2. The van der Waals surface area contributed by atoms with E-state index in [0.29, 0.717) is 30.6 Å². The number of anilines is 1. The van der Waals surface area contributed by atoms with E-state index in [-0.39, 0.29) is 27.7 Å². The van der Waals surface area contributed by atoms with Crippen molar-refractivity contribution >= 4 is 27.5 Å². The molecule has 0 bridgehead atoms. The van der Waals surface area contributed by atoms with E-state index in [4.69, 9.17) is 9.47 Å². The Balaban J connectivity index is 1.63. The minimum atomic E-state index is -3.89. The summed E-state index contributed by atoms with van der Waals surface area (Å²) in [6, 6.07) is 17.7. The Kier molecular flexibility index (Phi) is 6.20. The van der Waals surface area contributed by atoms with Crippen LogP contribution in [0.3, 0.4) is 0 Å². The minimum Gasteiger partial charge on any atom is -0.496 e. The van der Waals surface area contributed by atoms with Crippen molar-refractivity contribution in [3.8, 4) is 11.5 Å². The van der Waals surface area contributed by atoms with Gasteiger partial charge in [-0.25, -0.2) is 13.2 Å². The summed E-state index contributed by atoms with van der Waals surface area (Å²) in [5.74, 6) is -0.355. The topological polar surface area (TPSA) is 90.0 Å². The van der Waals surface area contributed by atoms with Crippen LogP contribution in [0.1, 0.15) is 39.6 Å². The third-order valence-corrected chi connectivity index (χ3v) is 7.34. The van der Waals surface area contributed by atoms with Crippen molar-refractivity contribution in [3.05, 3.63) is 83.4 Å². The lowest BCUT2D eigenvalue weighted by Gasteiger charge is -2.20. The van der Waals surface area contributed by atoms with Gasteiger partial charge in [-0.1, -0.05) is 25.1 Å². The van der Waals surface area contributed by atoms with Crippen LogP contribution >= 0.6 is 0 Å². The molecule has 0 aromatic heterocycles. The zero-order valence-corrected chi connectivity index (χ0v) is 19.1. The van der Waals surface area contributed by atoms with Crippen LogP contribution in [0.4, 0.5) is 5.69 Å². The number of esters is 1. The second-order valence-corrected chi connectivity index (χ2v) is 9.37. The number of hydrogen-bond acceptors (Lipinski definition) is 6. The molecule has 8 heteroatoms. The van der Waals surface area contributed by atoms with E-state index in [1.54, 1.807) is 31.2 Å². The summed E-state index contributed by atoms with van der Waals surface area (Å²) in [7, 11) is -2.50. The second kappa shape index (κ2) is 9.07. The number of ketones is 1. The standard InChI is InChI=1S/C25H23NO6S/c1-3-23(27)18-8-10-19(11-9-18)32-25(28)21-16-20(12-13-24(21)31-2)33(29,30)26-15-14-17-6-4-5-7-22(17)26/h4-13,16H,3,14-15H2,1-2H3. The first kappa shape index (κ1) is 22.5. The lowest BCUT2D eigenvalue weighted by molar-refractivity contribution is 0.0731. The van der Waals surface area contributed by atoms with Crippen molar-refractivity contribution in [3.63, 3.8) is 0 Å². The smallest absolute Gasteiger partial charge is 0.347 e. The molecular weight excluding hydrogens is 442 g/mol. The molecule has 0 spiro atoms. The lowest BCUT2D eigenvalue weighted by atomic mass is 10.1. The van der Waals surface area contributed by atoms with Gasteiger partial charge in [0.15, 0.2) is 5.78 Å². The summed E-state index contributed by atoms with van der Waals surface area (Å²) in [5, 5.41) is 0. The molecule has 3 aromatic carbocycles. The fourth-order valence-electron chi connectivity index (χ4n) is 3.77. The van der Waals surface area contributed by atoms with E-state index in [2.05, 4.69) is 0 Å². The Labute approximate surface area is 192 Å². The number of methoxy groups -OCH3 is 1. The number of para-hydroxylation sites is 1. The molecule has 0 atom stereocenters. The molecule has 1 heterocycles. The summed E-state index contributed by atoms with van der Waals surface area (Å²) in [5.41, 5.74) is 2.10. The predicted molar refractivity (Wildman–Crippen MR) is 124 cm³/mol. The zero-order valence-electron chi connectivity index (χ0n) is 18.3. The van der Waals surface area contributed by atoms with Gasteiger partial charge in [0.1, 0.15) is 17.1 Å². The van der Waals surface area contributed by atoms with Gasteiger partial charge in [-0.2, -0.15) is 0 Å². The third-order valence-electron chi connectivity index (χ3n) is 5.53. The van der Waals surface area contributed by atoms with Crippen LogP contribution in [0, 0.1) is 0 Å². The molecular formula is C25H23NO6S. The number of nitrogens with zero attached hydrogens (tertiary/aromatic N) is 1. The van der Waals surface area contributed by atoms with Crippen LogP contribution in [0.5, 0.6) is 11.5 Å². The quantitative estimate of drug-likeness (QED) is 0.294. The molecule has 0 amide bonds. The SMILES string of the molecule is CCC(=O)c1ccc(OC(=O)c2cc(S(=O)(=O)N3CCc4ccccc43)ccc2OC)cc1. The molecule has 33 heavy (non-hydrogen) atoms. The van der Waals surface area contributed by atoms with E-state index < -0.39 is 16.0 Å². The highest BCUT2D eigenvalue weighted by Gasteiger charge is 2.31. The lowest BCUT2D eigenvalue weighted by Crippen LogP contribution is -2.29. The molecule has 1 aliphatic heterocycles. The average Bonchev–Trinajstić information content (AvgIpc) is 3.28. The fourth-order valence-corrected chi connectivity index (χ4v) is 5.30.